The van der Waals surface area contributed by atoms with Crippen LogP contribution in [0.4, 0.5) is 0 Å². The highest BCUT2D eigenvalue weighted by atomic mass is 16.3. The third kappa shape index (κ3) is 4.46. The standard InChI is InChI=1S/C47H27N3O2/c1-2-11-33-29(9-1)21-22-30-10-7-15-38(43(30)33)46-48-45(49-47(50-46)39-16-8-14-37-35-13-4-6-18-41(35)52-44(37)39)31-23-19-28(20-24-31)32-25-26-36-34-12-3-5-17-40(34)51-42(36)27-32/h1-27H. The summed E-state index contributed by atoms with van der Waals surface area (Å²) in [5.41, 5.74) is 8.16. The van der Waals surface area contributed by atoms with E-state index in [0.29, 0.717) is 17.5 Å². The molecular formula is C47H27N3O2. The number of benzene rings is 8. The number of para-hydroxylation sites is 3. The average Bonchev–Trinajstić information content (AvgIpc) is 3.78. The lowest BCUT2D eigenvalue weighted by molar-refractivity contribution is 0.669. The van der Waals surface area contributed by atoms with Gasteiger partial charge in [0.05, 0.1) is 5.56 Å². The van der Waals surface area contributed by atoms with E-state index in [0.717, 1.165) is 87.9 Å². The lowest BCUT2D eigenvalue weighted by Gasteiger charge is -2.12. The molecule has 242 valence electrons. The topological polar surface area (TPSA) is 65.0 Å². The van der Waals surface area contributed by atoms with Gasteiger partial charge in [-0.25, -0.2) is 15.0 Å². The maximum atomic E-state index is 6.46. The van der Waals surface area contributed by atoms with E-state index in [4.69, 9.17) is 23.8 Å². The van der Waals surface area contributed by atoms with Gasteiger partial charge in [-0.1, -0.05) is 133 Å². The first kappa shape index (κ1) is 28.7. The van der Waals surface area contributed by atoms with Gasteiger partial charge in [-0.05, 0) is 57.6 Å². The van der Waals surface area contributed by atoms with Gasteiger partial charge in [-0.3, -0.25) is 0 Å². The maximum Gasteiger partial charge on any atom is 0.167 e. The zero-order valence-corrected chi connectivity index (χ0v) is 27.7. The summed E-state index contributed by atoms with van der Waals surface area (Å²) in [6, 6.07) is 56.4. The van der Waals surface area contributed by atoms with Crippen molar-refractivity contribution in [2.75, 3.05) is 0 Å². The van der Waals surface area contributed by atoms with E-state index in [1.807, 2.05) is 48.5 Å². The zero-order valence-electron chi connectivity index (χ0n) is 27.7. The SMILES string of the molecule is c1ccc2c(c1)ccc1cccc(-c3nc(-c4ccc(-c5ccc6c(c5)oc5ccccc56)cc4)nc(-c4cccc5c4oc4ccccc45)n3)c12. The minimum Gasteiger partial charge on any atom is -0.456 e. The number of furan rings is 2. The van der Waals surface area contributed by atoms with Crippen LogP contribution in [0.3, 0.4) is 0 Å². The van der Waals surface area contributed by atoms with Gasteiger partial charge in [0.2, 0.25) is 0 Å². The molecule has 0 saturated carbocycles. The molecule has 0 aliphatic rings. The molecule has 11 rings (SSSR count). The van der Waals surface area contributed by atoms with E-state index in [9.17, 15) is 0 Å². The first-order chi connectivity index (χ1) is 25.7. The molecule has 5 heteroatoms. The van der Waals surface area contributed by atoms with Crippen LogP contribution in [0.15, 0.2) is 173 Å². The number of fused-ring (bicyclic) bond motifs is 9. The molecule has 0 aliphatic heterocycles. The third-order valence-electron chi connectivity index (χ3n) is 10.1. The summed E-state index contributed by atoms with van der Waals surface area (Å²) in [6.07, 6.45) is 0. The van der Waals surface area contributed by atoms with Crippen molar-refractivity contribution in [3.8, 4) is 45.3 Å². The summed E-state index contributed by atoms with van der Waals surface area (Å²) in [7, 11) is 0. The Balaban J connectivity index is 1.10. The fourth-order valence-corrected chi connectivity index (χ4v) is 7.63. The number of aromatic nitrogens is 3. The van der Waals surface area contributed by atoms with Crippen molar-refractivity contribution in [1.82, 2.24) is 15.0 Å². The molecular weight excluding hydrogens is 639 g/mol. The van der Waals surface area contributed by atoms with Crippen LogP contribution in [0.2, 0.25) is 0 Å². The number of nitrogens with zero attached hydrogens (tertiary/aromatic N) is 3. The minimum absolute atomic E-state index is 0.557. The van der Waals surface area contributed by atoms with Crippen LogP contribution in [0.5, 0.6) is 0 Å². The van der Waals surface area contributed by atoms with Gasteiger partial charge in [0.25, 0.3) is 0 Å². The van der Waals surface area contributed by atoms with Gasteiger partial charge in [0.15, 0.2) is 17.5 Å². The Hall–Kier alpha value is -7.11. The Morgan fingerprint density at radius 2 is 0.885 bits per heavy atom. The molecule has 0 atom stereocenters. The summed E-state index contributed by atoms with van der Waals surface area (Å²) in [6.45, 7) is 0. The smallest absolute Gasteiger partial charge is 0.167 e. The first-order valence-corrected chi connectivity index (χ1v) is 17.3. The van der Waals surface area contributed by atoms with Gasteiger partial charge in [-0.2, -0.15) is 0 Å². The quantitative estimate of drug-likeness (QED) is 0.175. The summed E-state index contributed by atoms with van der Waals surface area (Å²) in [5.74, 6) is 1.75. The fraction of sp³-hybridized carbons (Fsp3) is 0. The predicted octanol–water partition coefficient (Wildman–Crippen LogP) is 12.6. The predicted molar refractivity (Wildman–Crippen MR) is 211 cm³/mol. The first-order valence-electron chi connectivity index (χ1n) is 17.3. The third-order valence-corrected chi connectivity index (χ3v) is 10.1. The Kier molecular flexibility index (Phi) is 6.18. The van der Waals surface area contributed by atoms with Crippen molar-refractivity contribution in [1.29, 1.82) is 0 Å². The van der Waals surface area contributed by atoms with E-state index in [1.54, 1.807) is 0 Å². The van der Waals surface area contributed by atoms with Crippen LogP contribution in [0.25, 0.3) is 111 Å². The van der Waals surface area contributed by atoms with Crippen molar-refractivity contribution < 1.29 is 8.83 Å². The largest absolute Gasteiger partial charge is 0.456 e. The van der Waals surface area contributed by atoms with E-state index in [1.165, 1.54) is 5.39 Å². The monoisotopic (exact) mass is 665 g/mol. The lowest BCUT2D eigenvalue weighted by Crippen LogP contribution is -2.01. The molecule has 0 saturated heterocycles. The van der Waals surface area contributed by atoms with Gasteiger partial charge in [-0.15, -0.1) is 0 Å². The van der Waals surface area contributed by atoms with E-state index < -0.39 is 0 Å². The molecule has 52 heavy (non-hydrogen) atoms. The van der Waals surface area contributed by atoms with Gasteiger partial charge >= 0.3 is 0 Å². The fourth-order valence-electron chi connectivity index (χ4n) is 7.63. The average molecular weight is 666 g/mol. The second-order valence-corrected chi connectivity index (χ2v) is 13.2. The molecule has 8 aromatic carbocycles. The number of hydrogen-bond donors (Lipinski definition) is 0. The molecule has 0 spiro atoms. The van der Waals surface area contributed by atoms with E-state index in [2.05, 4.69) is 115 Å². The van der Waals surface area contributed by atoms with Crippen LogP contribution in [-0.4, -0.2) is 15.0 Å². The molecule has 0 unspecified atom stereocenters. The van der Waals surface area contributed by atoms with Crippen molar-refractivity contribution in [3.05, 3.63) is 164 Å². The van der Waals surface area contributed by atoms with Crippen LogP contribution in [0, 0.1) is 0 Å². The van der Waals surface area contributed by atoms with Crippen molar-refractivity contribution in [3.63, 3.8) is 0 Å². The Morgan fingerprint density at radius 1 is 0.327 bits per heavy atom. The molecule has 3 heterocycles. The van der Waals surface area contributed by atoms with E-state index >= 15 is 0 Å². The summed E-state index contributed by atoms with van der Waals surface area (Å²) < 4.78 is 12.7. The molecule has 0 fully saturated rings. The Morgan fingerprint density at radius 3 is 1.73 bits per heavy atom. The molecule has 0 radical (unpaired) electrons. The molecule has 0 aliphatic carbocycles. The molecule has 5 nitrogen and oxygen atoms in total. The Labute approximate surface area is 297 Å². The van der Waals surface area contributed by atoms with Crippen LogP contribution >= 0.6 is 0 Å². The van der Waals surface area contributed by atoms with Crippen LogP contribution in [-0.2, 0) is 0 Å². The second kappa shape index (κ2) is 11.2. The lowest BCUT2D eigenvalue weighted by atomic mass is 9.97. The highest BCUT2D eigenvalue weighted by Gasteiger charge is 2.19. The summed E-state index contributed by atoms with van der Waals surface area (Å²) >= 11 is 0. The highest BCUT2D eigenvalue weighted by molar-refractivity contribution is 6.14. The van der Waals surface area contributed by atoms with E-state index in [-0.39, 0.29) is 0 Å². The van der Waals surface area contributed by atoms with Crippen LogP contribution < -0.4 is 0 Å². The molecule has 0 amide bonds. The highest BCUT2D eigenvalue weighted by Crippen LogP contribution is 2.38. The van der Waals surface area contributed by atoms with Gasteiger partial charge in [0.1, 0.15) is 22.3 Å². The van der Waals surface area contributed by atoms with Gasteiger partial charge < -0.3 is 8.83 Å². The molecule has 3 aromatic heterocycles. The number of rotatable bonds is 4. The normalized spacial score (nSPS) is 11.8. The second-order valence-electron chi connectivity index (χ2n) is 13.2. The summed E-state index contributed by atoms with van der Waals surface area (Å²) in [5, 5.41) is 8.89. The Bertz CT molecular complexity index is 3190. The maximum absolute atomic E-state index is 6.46. The molecule has 0 N–H and O–H groups in total. The zero-order chi connectivity index (χ0) is 34.2. The van der Waals surface area contributed by atoms with Crippen molar-refractivity contribution in [2.24, 2.45) is 0 Å². The minimum atomic E-state index is 0.557. The molecule has 0 bridgehead atoms. The van der Waals surface area contributed by atoms with Crippen molar-refractivity contribution in [2.45, 2.75) is 0 Å². The summed E-state index contributed by atoms with van der Waals surface area (Å²) in [4.78, 5) is 15.5. The number of hydrogen-bond acceptors (Lipinski definition) is 5. The van der Waals surface area contributed by atoms with Gasteiger partial charge in [0, 0.05) is 38.1 Å². The van der Waals surface area contributed by atoms with Crippen LogP contribution in [0.1, 0.15) is 0 Å². The molecule has 11 aromatic rings. The van der Waals surface area contributed by atoms with Crippen molar-refractivity contribution >= 4 is 65.4 Å².